The van der Waals surface area contributed by atoms with E-state index in [0.717, 1.165) is 12.5 Å². The number of aryl methyl sites for hydroxylation is 1. The average Bonchev–Trinajstić information content (AvgIpc) is 3.41. The molecule has 1 aliphatic rings. The molecular formula is C27H35FN5O7P. The first-order chi connectivity index (χ1) is 19.3. The number of carbonyl (C=O) groups excluding carboxylic acids is 1. The Morgan fingerprint density at radius 2 is 2.07 bits per heavy atom. The molecule has 12 nitrogen and oxygen atoms in total. The molecule has 14 heteroatoms. The van der Waals surface area contributed by atoms with Crippen LogP contribution in [0.25, 0.3) is 11.0 Å². The number of nitrogens with zero attached hydrogens (tertiary/aromatic N) is 3. The fourth-order valence-corrected chi connectivity index (χ4v) is 6.18. The molecule has 1 fully saturated rings. The molecular weight excluding hydrogens is 556 g/mol. The highest BCUT2D eigenvalue weighted by atomic mass is 31.2. The van der Waals surface area contributed by atoms with Crippen LogP contribution in [0, 0.1) is 25.2 Å². The highest BCUT2D eigenvalue weighted by Gasteiger charge is 2.56. The van der Waals surface area contributed by atoms with Gasteiger partial charge in [-0.1, -0.05) is 37.5 Å². The lowest BCUT2D eigenvalue weighted by Gasteiger charge is -2.27. The van der Waals surface area contributed by atoms with Gasteiger partial charge in [-0.2, -0.15) is 5.09 Å². The van der Waals surface area contributed by atoms with Gasteiger partial charge in [0.25, 0.3) is 0 Å². The summed E-state index contributed by atoms with van der Waals surface area (Å²) < 4.78 is 53.5. The predicted molar refractivity (Wildman–Crippen MR) is 151 cm³/mol. The van der Waals surface area contributed by atoms with Gasteiger partial charge >= 0.3 is 13.7 Å². The average molecular weight is 592 g/mol. The van der Waals surface area contributed by atoms with E-state index in [1.165, 1.54) is 24.2 Å². The van der Waals surface area contributed by atoms with Crippen LogP contribution in [-0.2, 0) is 23.4 Å². The number of nitrogens with two attached hydrogens (primary N) is 1. The van der Waals surface area contributed by atoms with Gasteiger partial charge in [-0.3, -0.25) is 9.32 Å². The number of hydrogen-bond acceptors (Lipinski definition) is 10. The highest BCUT2D eigenvalue weighted by Crippen LogP contribution is 2.48. The second kappa shape index (κ2) is 11.8. The summed E-state index contributed by atoms with van der Waals surface area (Å²) in [6.45, 7) is 5.89. The zero-order valence-corrected chi connectivity index (χ0v) is 24.2. The molecule has 222 valence electrons. The maximum absolute atomic E-state index is 16.1. The Bertz CT molecular complexity index is 1510. The summed E-state index contributed by atoms with van der Waals surface area (Å²) in [6.07, 6.45) is 3.80. The van der Waals surface area contributed by atoms with Gasteiger partial charge in [0.05, 0.1) is 24.7 Å². The molecule has 1 aromatic carbocycles. The molecule has 2 aromatic heterocycles. The van der Waals surface area contributed by atoms with Gasteiger partial charge in [0.2, 0.25) is 0 Å². The monoisotopic (exact) mass is 591 g/mol. The number of benzene rings is 1. The minimum absolute atomic E-state index is 0. The molecule has 0 spiro atoms. The molecule has 3 heterocycles. The largest absolute Gasteiger partial charge is 0.468 e. The van der Waals surface area contributed by atoms with Crippen molar-refractivity contribution in [3.8, 4) is 18.1 Å². The molecule has 4 N–H and O–H groups in total. The van der Waals surface area contributed by atoms with Crippen molar-refractivity contribution in [3.63, 3.8) is 0 Å². The lowest BCUT2D eigenvalue weighted by atomic mass is 9.98. The van der Waals surface area contributed by atoms with Crippen LogP contribution in [-0.4, -0.2) is 63.2 Å². The maximum Gasteiger partial charge on any atom is 0.459 e. The van der Waals surface area contributed by atoms with E-state index in [0.29, 0.717) is 10.9 Å². The van der Waals surface area contributed by atoms with Crippen molar-refractivity contribution in [2.24, 2.45) is 5.92 Å². The summed E-state index contributed by atoms with van der Waals surface area (Å²) >= 11 is 0. The number of rotatable bonds is 10. The summed E-state index contributed by atoms with van der Waals surface area (Å²) in [5.74, 6) is 1.72. The number of halogens is 1. The lowest BCUT2D eigenvalue weighted by molar-refractivity contribution is -0.143. The third-order valence-corrected chi connectivity index (χ3v) is 8.37. The number of nitrogens with one attached hydrogen (secondary N) is 1. The van der Waals surface area contributed by atoms with Crippen molar-refractivity contribution in [3.05, 3.63) is 47.9 Å². The second-order valence-electron chi connectivity index (χ2n) is 10.2. The molecule has 2 unspecified atom stereocenters. The molecule has 1 saturated heterocycles. The number of aliphatic hydroxyl groups excluding tert-OH is 1. The first-order valence-corrected chi connectivity index (χ1v) is 14.3. The summed E-state index contributed by atoms with van der Waals surface area (Å²) in [6, 6.07) is 5.58. The summed E-state index contributed by atoms with van der Waals surface area (Å²) in [5, 5.41) is 13.9. The van der Waals surface area contributed by atoms with E-state index in [4.69, 9.17) is 30.7 Å². The fraction of sp³-hybridized carbons (Fsp3) is 0.444. The van der Waals surface area contributed by atoms with Crippen LogP contribution < -0.4 is 15.3 Å². The first-order valence-electron chi connectivity index (χ1n) is 12.8. The van der Waals surface area contributed by atoms with Crippen LogP contribution in [0.2, 0.25) is 0 Å². The standard InChI is InChI=1S/C27H33FN5O7P.H2/c1-7-17-12-33(24-20(17)23(29)30-14-31-24)26-27(5,28)22(34)19(39-26)13-38-41(36,32-21(15(2)3)25(35)37-6)40-18-10-8-16(4)9-11-18;/h1,8-12,14-15,19,21-22,26,34H,13H2,2-6H3,(H,32,36)(H2,29,30,31);1H/t19-,21?,22-,26-,27-,41?;/m1./s1. The molecule has 41 heavy (non-hydrogen) atoms. The van der Waals surface area contributed by atoms with E-state index in [-0.39, 0.29) is 24.6 Å². The first kappa shape index (κ1) is 30.4. The van der Waals surface area contributed by atoms with Crippen LogP contribution in [0.15, 0.2) is 36.8 Å². The zero-order chi connectivity index (χ0) is 30.1. The van der Waals surface area contributed by atoms with Gasteiger partial charge in [-0.05, 0) is 31.9 Å². The van der Waals surface area contributed by atoms with E-state index < -0.39 is 50.5 Å². The Labute approximate surface area is 238 Å². The van der Waals surface area contributed by atoms with Crippen molar-refractivity contribution in [2.45, 2.75) is 57.8 Å². The third kappa shape index (κ3) is 6.07. The Morgan fingerprint density at radius 3 is 2.68 bits per heavy atom. The van der Waals surface area contributed by atoms with E-state index >= 15 is 4.39 Å². The molecule has 0 aliphatic carbocycles. The predicted octanol–water partition coefficient (Wildman–Crippen LogP) is 3.53. The second-order valence-corrected chi connectivity index (χ2v) is 11.9. The fourth-order valence-electron chi connectivity index (χ4n) is 4.52. The minimum Gasteiger partial charge on any atom is -0.468 e. The topological polar surface area (TPSA) is 160 Å². The maximum atomic E-state index is 16.1. The van der Waals surface area contributed by atoms with Gasteiger partial charge in [-0.25, -0.2) is 18.9 Å². The van der Waals surface area contributed by atoms with Crippen LogP contribution >= 0.6 is 7.75 Å². The van der Waals surface area contributed by atoms with Gasteiger partial charge in [0.15, 0.2) is 11.9 Å². The summed E-state index contributed by atoms with van der Waals surface area (Å²) in [5.41, 5.74) is 5.07. The van der Waals surface area contributed by atoms with Crippen LogP contribution in [0.1, 0.15) is 39.6 Å². The third-order valence-electron chi connectivity index (χ3n) is 6.84. The minimum atomic E-state index is -4.33. The number of esters is 1. The highest BCUT2D eigenvalue weighted by molar-refractivity contribution is 7.52. The van der Waals surface area contributed by atoms with Gasteiger partial charge in [-0.15, -0.1) is 6.42 Å². The molecule has 1 aliphatic heterocycles. The summed E-state index contributed by atoms with van der Waals surface area (Å²) in [4.78, 5) is 20.5. The van der Waals surface area contributed by atoms with E-state index in [9.17, 15) is 14.5 Å². The number of nitrogen functional groups attached to an aromatic ring is 1. The van der Waals surface area contributed by atoms with E-state index in [2.05, 4.69) is 21.0 Å². The smallest absolute Gasteiger partial charge is 0.459 e. The van der Waals surface area contributed by atoms with Crippen molar-refractivity contribution >= 4 is 30.6 Å². The molecule has 4 rings (SSSR count). The number of fused-ring (bicyclic) bond motifs is 1. The molecule has 3 aromatic rings. The van der Waals surface area contributed by atoms with Crippen molar-refractivity contribution in [1.29, 1.82) is 0 Å². The van der Waals surface area contributed by atoms with E-state index in [1.807, 2.05) is 6.92 Å². The zero-order valence-electron chi connectivity index (χ0n) is 23.3. The number of carbonyl (C=O) groups is 1. The van der Waals surface area contributed by atoms with Crippen molar-refractivity contribution < 1.29 is 38.8 Å². The lowest BCUT2D eigenvalue weighted by Crippen LogP contribution is -2.43. The number of hydrogen-bond donors (Lipinski definition) is 3. The van der Waals surface area contributed by atoms with Crippen LogP contribution in [0.5, 0.6) is 5.75 Å². The Morgan fingerprint density at radius 1 is 1.39 bits per heavy atom. The molecule has 0 saturated carbocycles. The number of terminal acetylenes is 1. The molecule has 0 bridgehead atoms. The number of anilines is 1. The molecule has 0 radical (unpaired) electrons. The van der Waals surface area contributed by atoms with Crippen molar-refractivity contribution in [2.75, 3.05) is 19.5 Å². The molecule has 0 amide bonds. The quantitative estimate of drug-likeness (QED) is 0.180. The normalized spacial score (nSPS) is 24.6. The van der Waals surface area contributed by atoms with Crippen molar-refractivity contribution in [1.82, 2.24) is 19.6 Å². The Hall–Kier alpha value is -3.53. The Kier molecular flexibility index (Phi) is 8.73. The summed E-state index contributed by atoms with van der Waals surface area (Å²) in [7, 11) is -3.13. The Balaban J connectivity index is 0.00000484. The van der Waals surface area contributed by atoms with Gasteiger partial charge in [0, 0.05) is 7.62 Å². The van der Waals surface area contributed by atoms with E-state index in [1.54, 1.807) is 38.1 Å². The number of ether oxygens (including phenoxy) is 2. The van der Waals surface area contributed by atoms with Gasteiger partial charge in [0.1, 0.15) is 41.8 Å². The number of methoxy groups -OCH3 is 1. The molecule has 6 atom stereocenters. The number of aromatic nitrogens is 3. The number of aliphatic hydroxyl groups is 1. The number of alkyl halides is 1. The van der Waals surface area contributed by atoms with Crippen LogP contribution in [0.3, 0.4) is 0 Å². The SMILES string of the molecule is C#Cc1cn([C@@H]2O[C@H](COP(=O)(NC(C(=O)OC)C(C)C)Oc3ccc(C)cc3)[C@@H](O)[C@@]2(C)F)c2ncnc(N)c12.[HH]. The van der Waals surface area contributed by atoms with Crippen LogP contribution in [0.4, 0.5) is 10.2 Å². The van der Waals surface area contributed by atoms with Gasteiger partial charge < -0.3 is 29.4 Å².